The number of carbonyl (C=O) groups excluding carboxylic acids is 1. The van der Waals surface area contributed by atoms with Crippen molar-refractivity contribution in [2.75, 3.05) is 0 Å². The van der Waals surface area contributed by atoms with Gasteiger partial charge in [0.1, 0.15) is 5.69 Å². The van der Waals surface area contributed by atoms with Crippen LogP contribution in [0.3, 0.4) is 0 Å². The molecule has 120 valence electrons. The molecule has 0 spiro atoms. The predicted molar refractivity (Wildman–Crippen MR) is 87.5 cm³/mol. The zero-order chi connectivity index (χ0) is 15.2. The summed E-state index contributed by atoms with van der Waals surface area (Å²) in [5, 5.41) is 9.65. The lowest BCUT2D eigenvalue weighted by atomic mass is 9.83. The maximum atomic E-state index is 12.0. The van der Waals surface area contributed by atoms with Gasteiger partial charge in [-0.25, -0.2) is 0 Å². The Labute approximate surface area is 132 Å². The molecule has 2 saturated carbocycles. The maximum absolute atomic E-state index is 12.0. The van der Waals surface area contributed by atoms with Gasteiger partial charge in [0, 0.05) is 12.2 Å². The number of hydrogen-bond donors (Lipinski definition) is 2. The fourth-order valence-corrected chi connectivity index (χ4v) is 3.74. The number of aromatic nitrogens is 2. The molecule has 2 N–H and O–H groups in total. The van der Waals surface area contributed by atoms with Crippen molar-refractivity contribution in [3.63, 3.8) is 0 Å². The second-order valence-electron chi connectivity index (χ2n) is 6.84. The fourth-order valence-electron chi connectivity index (χ4n) is 3.74. The van der Waals surface area contributed by atoms with Gasteiger partial charge in [0.2, 0.25) is 0 Å². The number of nitrogens with zero attached hydrogens (tertiary/aromatic N) is 1. The molecule has 0 unspecified atom stereocenters. The van der Waals surface area contributed by atoms with Crippen molar-refractivity contribution in [1.82, 2.24) is 15.5 Å². The molecule has 0 radical (unpaired) electrons. The molecule has 2 fully saturated rings. The highest BCUT2D eigenvalue weighted by atomic mass is 16.2. The standard InChI is InChI=1S/C18H27N3O/c22-18(17-12-13-19-21-17)20-16-10-8-15(9-11-16)7-6-14-4-2-1-3-5-14/h6-7,12-16H,1-5,8-11H2,(H,19,21)(H,20,22)/b7-6-. The Morgan fingerprint density at radius 1 is 1.05 bits per heavy atom. The molecule has 22 heavy (non-hydrogen) atoms. The quantitative estimate of drug-likeness (QED) is 0.830. The van der Waals surface area contributed by atoms with Crippen LogP contribution in [-0.4, -0.2) is 22.1 Å². The van der Waals surface area contributed by atoms with Gasteiger partial charge in [-0.15, -0.1) is 0 Å². The van der Waals surface area contributed by atoms with Crippen LogP contribution in [0, 0.1) is 11.8 Å². The van der Waals surface area contributed by atoms with E-state index in [9.17, 15) is 4.79 Å². The van der Waals surface area contributed by atoms with Gasteiger partial charge in [-0.1, -0.05) is 31.4 Å². The van der Waals surface area contributed by atoms with Crippen molar-refractivity contribution in [3.8, 4) is 0 Å². The van der Waals surface area contributed by atoms with Crippen LogP contribution in [0.1, 0.15) is 68.3 Å². The molecule has 0 saturated heterocycles. The summed E-state index contributed by atoms with van der Waals surface area (Å²) < 4.78 is 0. The molecule has 2 aliphatic carbocycles. The summed E-state index contributed by atoms with van der Waals surface area (Å²) in [4.78, 5) is 12.0. The minimum atomic E-state index is -0.0290. The summed E-state index contributed by atoms with van der Waals surface area (Å²) in [6.07, 6.45) is 18.1. The normalized spacial score (nSPS) is 27.1. The third-order valence-corrected chi connectivity index (χ3v) is 5.16. The van der Waals surface area contributed by atoms with Crippen LogP contribution >= 0.6 is 0 Å². The smallest absolute Gasteiger partial charge is 0.269 e. The van der Waals surface area contributed by atoms with Gasteiger partial charge in [0.25, 0.3) is 5.91 Å². The number of rotatable bonds is 4. The lowest BCUT2D eigenvalue weighted by molar-refractivity contribution is 0.0919. The number of H-pyrrole nitrogens is 1. The van der Waals surface area contributed by atoms with Gasteiger partial charge >= 0.3 is 0 Å². The summed E-state index contributed by atoms with van der Waals surface area (Å²) in [7, 11) is 0. The summed E-state index contributed by atoms with van der Waals surface area (Å²) in [5.41, 5.74) is 0.555. The van der Waals surface area contributed by atoms with Crippen LogP contribution in [0.4, 0.5) is 0 Å². The SMILES string of the molecule is O=C(NC1CCC(/C=C\C2CCCCC2)CC1)c1ccn[nH]1. The van der Waals surface area contributed by atoms with E-state index in [2.05, 4.69) is 27.7 Å². The molecule has 1 heterocycles. The summed E-state index contributed by atoms with van der Waals surface area (Å²) in [6, 6.07) is 2.03. The number of aromatic amines is 1. The topological polar surface area (TPSA) is 57.8 Å². The molecule has 0 bridgehead atoms. The summed E-state index contributed by atoms with van der Waals surface area (Å²) in [6.45, 7) is 0. The van der Waals surface area contributed by atoms with Crippen LogP contribution in [-0.2, 0) is 0 Å². The molecular weight excluding hydrogens is 274 g/mol. The van der Waals surface area contributed by atoms with Crippen LogP contribution in [0.2, 0.25) is 0 Å². The molecule has 1 amide bonds. The van der Waals surface area contributed by atoms with Crippen molar-refractivity contribution >= 4 is 5.91 Å². The van der Waals surface area contributed by atoms with Crippen molar-refractivity contribution in [1.29, 1.82) is 0 Å². The molecule has 4 heteroatoms. The highest BCUT2D eigenvalue weighted by Crippen LogP contribution is 2.29. The molecule has 4 nitrogen and oxygen atoms in total. The average molecular weight is 301 g/mol. The largest absolute Gasteiger partial charge is 0.348 e. The number of carbonyl (C=O) groups is 1. The van der Waals surface area contributed by atoms with Crippen molar-refractivity contribution in [2.24, 2.45) is 11.8 Å². The van der Waals surface area contributed by atoms with E-state index < -0.39 is 0 Å². The zero-order valence-electron chi connectivity index (χ0n) is 13.3. The summed E-state index contributed by atoms with van der Waals surface area (Å²) >= 11 is 0. The highest BCUT2D eigenvalue weighted by Gasteiger charge is 2.22. The third kappa shape index (κ3) is 4.21. The molecule has 0 aliphatic heterocycles. The number of allylic oxidation sites excluding steroid dienone is 2. The Bertz CT molecular complexity index is 480. The van der Waals surface area contributed by atoms with Gasteiger partial charge in [-0.2, -0.15) is 5.10 Å². The second-order valence-corrected chi connectivity index (χ2v) is 6.84. The number of nitrogens with one attached hydrogen (secondary N) is 2. The van der Waals surface area contributed by atoms with Gasteiger partial charge in [-0.05, 0) is 56.4 Å². The van der Waals surface area contributed by atoms with Crippen molar-refractivity contribution < 1.29 is 4.79 Å². The maximum Gasteiger partial charge on any atom is 0.269 e. The van der Waals surface area contributed by atoms with Gasteiger partial charge < -0.3 is 5.32 Å². The first-order valence-electron chi connectivity index (χ1n) is 8.80. The van der Waals surface area contributed by atoms with Gasteiger partial charge in [0.15, 0.2) is 0 Å². The van der Waals surface area contributed by atoms with Crippen molar-refractivity contribution in [2.45, 2.75) is 63.8 Å². The van der Waals surface area contributed by atoms with E-state index >= 15 is 0 Å². The summed E-state index contributed by atoms with van der Waals surface area (Å²) in [5.74, 6) is 1.51. The number of hydrogen-bond acceptors (Lipinski definition) is 2. The molecule has 3 rings (SSSR count). The molecule has 0 aromatic carbocycles. The van der Waals surface area contributed by atoms with Crippen LogP contribution in [0.15, 0.2) is 24.4 Å². The second kappa shape index (κ2) is 7.61. The Kier molecular flexibility index (Phi) is 5.30. The molecule has 2 aliphatic rings. The van der Waals surface area contributed by atoms with E-state index in [1.54, 1.807) is 12.3 Å². The third-order valence-electron chi connectivity index (χ3n) is 5.16. The van der Waals surface area contributed by atoms with E-state index in [0.29, 0.717) is 17.7 Å². The van der Waals surface area contributed by atoms with Gasteiger partial charge in [-0.3, -0.25) is 9.89 Å². The lowest BCUT2D eigenvalue weighted by Crippen LogP contribution is -2.37. The molecule has 1 aromatic rings. The Morgan fingerprint density at radius 3 is 2.36 bits per heavy atom. The fraction of sp³-hybridized carbons (Fsp3) is 0.667. The van der Waals surface area contributed by atoms with E-state index in [4.69, 9.17) is 0 Å². The predicted octanol–water partition coefficient (Wildman–Crippen LogP) is 3.83. The molecular formula is C18H27N3O. The van der Waals surface area contributed by atoms with Crippen LogP contribution < -0.4 is 5.32 Å². The van der Waals surface area contributed by atoms with E-state index in [-0.39, 0.29) is 5.91 Å². The highest BCUT2D eigenvalue weighted by molar-refractivity contribution is 5.92. The Morgan fingerprint density at radius 2 is 1.73 bits per heavy atom. The Hall–Kier alpha value is -1.58. The first-order valence-corrected chi connectivity index (χ1v) is 8.80. The first kappa shape index (κ1) is 15.3. The van der Waals surface area contributed by atoms with Gasteiger partial charge in [0.05, 0.1) is 0 Å². The number of amides is 1. The van der Waals surface area contributed by atoms with Crippen LogP contribution in [0.25, 0.3) is 0 Å². The molecule has 1 aromatic heterocycles. The first-order chi connectivity index (χ1) is 10.8. The van der Waals surface area contributed by atoms with Crippen LogP contribution in [0.5, 0.6) is 0 Å². The Balaban J connectivity index is 1.40. The minimum Gasteiger partial charge on any atom is -0.348 e. The lowest BCUT2D eigenvalue weighted by Gasteiger charge is -2.28. The van der Waals surface area contributed by atoms with E-state index in [1.807, 2.05) is 0 Å². The average Bonchev–Trinajstić information content (AvgIpc) is 3.10. The van der Waals surface area contributed by atoms with E-state index in [1.165, 1.54) is 44.9 Å². The van der Waals surface area contributed by atoms with E-state index in [0.717, 1.165) is 18.8 Å². The zero-order valence-corrected chi connectivity index (χ0v) is 13.3. The molecule has 0 atom stereocenters. The monoisotopic (exact) mass is 301 g/mol. The minimum absolute atomic E-state index is 0.0290. The van der Waals surface area contributed by atoms with Crippen molar-refractivity contribution in [3.05, 3.63) is 30.1 Å².